The van der Waals surface area contributed by atoms with Crippen LogP contribution in [0.2, 0.25) is 0 Å². The maximum Gasteiger partial charge on any atom is 0.242 e. The molecule has 2 aromatic rings. The highest BCUT2D eigenvalue weighted by molar-refractivity contribution is 7.91. The van der Waals surface area contributed by atoms with Gasteiger partial charge in [0.25, 0.3) is 0 Å². The number of nitrogens with one attached hydrogen (secondary N) is 1. The maximum absolute atomic E-state index is 13.1. The molecule has 0 aliphatic rings. The number of anilines is 1. The predicted molar refractivity (Wildman–Crippen MR) is 107 cm³/mol. The van der Waals surface area contributed by atoms with Gasteiger partial charge in [-0.05, 0) is 37.3 Å². The quantitative estimate of drug-likeness (QED) is 0.696. The van der Waals surface area contributed by atoms with Crippen molar-refractivity contribution in [1.29, 1.82) is 10.5 Å². The SMILES string of the molecule is Cc1ccc(S(=O)(=O)c2ccc(S(=O)(=O)N(C)C)cc2NC=C(C#N)C#N)cc1. The lowest BCUT2D eigenvalue weighted by atomic mass is 10.2. The van der Waals surface area contributed by atoms with Gasteiger partial charge in [0, 0.05) is 20.3 Å². The van der Waals surface area contributed by atoms with Crippen LogP contribution in [0.25, 0.3) is 0 Å². The minimum Gasteiger partial charge on any atom is -0.359 e. The first kappa shape index (κ1) is 22.1. The molecule has 0 saturated heterocycles. The van der Waals surface area contributed by atoms with Crippen LogP contribution in [-0.4, -0.2) is 35.2 Å². The molecule has 0 aromatic heterocycles. The van der Waals surface area contributed by atoms with Gasteiger partial charge in [0.05, 0.1) is 20.4 Å². The first-order chi connectivity index (χ1) is 13.5. The van der Waals surface area contributed by atoms with Crippen LogP contribution in [-0.2, 0) is 19.9 Å². The van der Waals surface area contributed by atoms with Crippen molar-refractivity contribution >= 4 is 25.5 Å². The van der Waals surface area contributed by atoms with Crippen molar-refractivity contribution in [2.45, 2.75) is 21.6 Å². The van der Waals surface area contributed by atoms with Crippen molar-refractivity contribution in [1.82, 2.24) is 4.31 Å². The van der Waals surface area contributed by atoms with Crippen molar-refractivity contribution in [3.63, 3.8) is 0 Å². The van der Waals surface area contributed by atoms with E-state index in [2.05, 4.69) is 5.32 Å². The summed E-state index contributed by atoms with van der Waals surface area (Å²) >= 11 is 0. The molecule has 10 heteroatoms. The molecule has 29 heavy (non-hydrogen) atoms. The fourth-order valence-electron chi connectivity index (χ4n) is 2.31. The zero-order chi connectivity index (χ0) is 21.8. The molecule has 0 spiro atoms. The summed E-state index contributed by atoms with van der Waals surface area (Å²) in [6, 6.07) is 13.0. The van der Waals surface area contributed by atoms with Crippen molar-refractivity contribution in [3.05, 3.63) is 59.8 Å². The molecule has 0 aliphatic carbocycles. The van der Waals surface area contributed by atoms with Gasteiger partial charge in [-0.2, -0.15) is 10.5 Å². The molecule has 0 heterocycles. The molecule has 0 unspecified atom stereocenters. The van der Waals surface area contributed by atoms with E-state index in [9.17, 15) is 16.8 Å². The van der Waals surface area contributed by atoms with E-state index >= 15 is 0 Å². The summed E-state index contributed by atoms with van der Waals surface area (Å²) in [4.78, 5) is -0.304. The summed E-state index contributed by atoms with van der Waals surface area (Å²) in [5, 5.41) is 20.4. The summed E-state index contributed by atoms with van der Waals surface area (Å²) in [6.45, 7) is 1.82. The molecule has 8 nitrogen and oxygen atoms in total. The molecular formula is C19H18N4O4S2. The van der Waals surface area contributed by atoms with Crippen LogP contribution in [0.5, 0.6) is 0 Å². The zero-order valence-corrected chi connectivity index (χ0v) is 17.5. The monoisotopic (exact) mass is 430 g/mol. The molecule has 150 valence electrons. The van der Waals surface area contributed by atoms with Crippen LogP contribution >= 0.6 is 0 Å². The van der Waals surface area contributed by atoms with Crippen LogP contribution in [0.1, 0.15) is 5.56 Å². The van der Waals surface area contributed by atoms with Gasteiger partial charge >= 0.3 is 0 Å². The predicted octanol–water partition coefficient (Wildman–Crippen LogP) is 2.42. The number of hydrogen-bond acceptors (Lipinski definition) is 7. The Bertz CT molecular complexity index is 1230. The Labute approximate surface area is 170 Å². The Morgan fingerprint density at radius 2 is 1.52 bits per heavy atom. The highest BCUT2D eigenvalue weighted by atomic mass is 32.2. The second-order valence-electron chi connectivity index (χ2n) is 6.19. The second kappa shape index (κ2) is 8.45. The number of benzene rings is 2. The van der Waals surface area contributed by atoms with E-state index in [1.54, 1.807) is 24.3 Å². The summed E-state index contributed by atoms with van der Waals surface area (Å²) in [6.07, 6.45) is 1.02. The van der Waals surface area contributed by atoms with Gasteiger partial charge in [0.1, 0.15) is 17.7 Å². The largest absolute Gasteiger partial charge is 0.359 e. The minimum absolute atomic E-state index is 0.0270. The number of rotatable bonds is 6. The van der Waals surface area contributed by atoms with Gasteiger partial charge in [0.2, 0.25) is 19.9 Å². The van der Waals surface area contributed by atoms with E-state index in [-0.39, 0.29) is 25.9 Å². The Kier molecular flexibility index (Phi) is 6.44. The smallest absolute Gasteiger partial charge is 0.242 e. The Balaban J connectivity index is 2.71. The van der Waals surface area contributed by atoms with Crippen molar-refractivity contribution in [2.24, 2.45) is 0 Å². The average molecular weight is 431 g/mol. The van der Waals surface area contributed by atoms with Gasteiger partial charge in [-0.25, -0.2) is 21.1 Å². The van der Waals surface area contributed by atoms with E-state index in [4.69, 9.17) is 10.5 Å². The molecule has 1 N–H and O–H groups in total. The number of sulfone groups is 1. The molecule has 0 bridgehead atoms. The Morgan fingerprint density at radius 1 is 0.966 bits per heavy atom. The number of nitriles is 2. The molecule has 0 radical (unpaired) electrons. The van der Waals surface area contributed by atoms with Crippen LogP contribution in [0.15, 0.2) is 68.9 Å². The third-order valence-electron chi connectivity index (χ3n) is 3.96. The van der Waals surface area contributed by atoms with Crippen molar-refractivity contribution < 1.29 is 16.8 Å². The highest BCUT2D eigenvalue weighted by Gasteiger charge is 2.25. The van der Waals surface area contributed by atoms with Crippen molar-refractivity contribution in [2.75, 3.05) is 19.4 Å². The van der Waals surface area contributed by atoms with E-state index < -0.39 is 19.9 Å². The first-order valence-corrected chi connectivity index (χ1v) is 11.1. The number of nitrogens with zero attached hydrogens (tertiary/aromatic N) is 3. The fourth-order valence-corrected chi connectivity index (χ4v) is 4.64. The highest BCUT2D eigenvalue weighted by Crippen LogP contribution is 2.31. The lowest BCUT2D eigenvalue weighted by molar-refractivity contribution is 0.520. The molecular weight excluding hydrogens is 412 g/mol. The van der Waals surface area contributed by atoms with Crippen LogP contribution < -0.4 is 5.32 Å². The van der Waals surface area contributed by atoms with Gasteiger partial charge in [-0.1, -0.05) is 17.7 Å². The molecule has 0 atom stereocenters. The molecule has 0 fully saturated rings. The van der Waals surface area contributed by atoms with E-state index in [1.165, 1.54) is 38.4 Å². The average Bonchev–Trinajstić information content (AvgIpc) is 2.68. The number of hydrogen-bond donors (Lipinski definition) is 1. The Hall–Kier alpha value is -3.18. The molecule has 0 aliphatic heterocycles. The molecule has 2 aromatic carbocycles. The van der Waals surface area contributed by atoms with E-state index in [0.717, 1.165) is 22.1 Å². The standard InChI is InChI=1S/C19H18N4O4S2/c1-14-4-6-16(7-5-14)28(24,25)19-9-8-17(29(26,27)23(2)3)10-18(19)22-13-15(11-20)12-21/h4-10,13,22H,1-3H3. The lowest BCUT2D eigenvalue weighted by Gasteiger charge is -2.15. The van der Waals surface area contributed by atoms with Crippen LogP contribution in [0, 0.1) is 29.6 Å². The number of sulfonamides is 1. The molecule has 0 amide bonds. The van der Waals surface area contributed by atoms with Gasteiger partial charge in [-0.3, -0.25) is 0 Å². The van der Waals surface area contributed by atoms with E-state index in [0.29, 0.717) is 0 Å². The number of aryl methyl sites for hydroxylation is 1. The summed E-state index contributed by atoms with van der Waals surface area (Å²) < 4.78 is 52.0. The van der Waals surface area contributed by atoms with Crippen LogP contribution in [0.4, 0.5) is 5.69 Å². The first-order valence-electron chi connectivity index (χ1n) is 8.19. The summed E-state index contributed by atoms with van der Waals surface area (Å²) in [5.41, 5.74) is 0.506. The molecule has 0 saturated carbocycles. The topological polar surface area (TPSA) is 131 Å². The Morgan fingerprint density at radius 3 is 2.03 bits per heavy atom. The third-order valence-corrected chi connectivity index (χ3v) is 7.60. The van der Waals surface area contributed by atoms with Gasteiger partial charge in [0.15, 0.2) is 0 Å². The van der Waals surface area contributed by atoms with E-state index in [1.807, 2.05) is 6.92 Å². The summed E-state index contributed by atoms with van der Waals surface area (Å²) in [7, 11) is -5.13. The fraction of sp³-hybridized carbons (Fsp3) is 0.158. The van der Waals surface area contributed by atoms with Crippen LogP contribution in [0.3, 0.4) is 0 Å². The maximum atomic E-state index is 13.1. The molecule has 2 rings (SSSR count). The minimum atomic E-state index is -4.00. The normalized spacial score (nSPS) is 11.4. The number of allylic oxidation sites excluding steroid dienone is 1. The van der Waals surface area contributed by atoms with Gasteiger partial charge < -0.3 is 5.32 Å². The van der Waals surface area contributed by atoms with Gasteiger partial charge in [-0.15, -0.1) is 0 Å². The van der Waals surface area contributed by atoms with Crippen molar-refractivity contribution in [3.8, 4) is 12.1 Å². The summed E-state index contributed by atoms with van der Waals surface area (Å²) in [5.74, 6) is 0. The third kappa shape index (κ3) is 4.63. The second-order valence-corrected chi connectivity index (χ2v) is 10.3. The zero-order valence-electron chi connectivity index (χ0n) is 15.9. The lowest BCUT2D eigenvalue weighted by Crippen LogP contribution is -2.22.